The topological polar surface area (TPSA) is 62.7 Å². The number of carboxylic acids is 1. The maximum atomic E-state index is 11.3. The number of thiophene rings is 1. The number of piperidine rings is 1. The number of carboxylic acid groups (broad SMARTS) is 1. The van der Waals surface area contributed by atoms with Crippen molar-refractivity contribution in [2.45, 2.75) is 49.7 Å². The number of fused-ring (bicyclic) bond motifs is 1. The SMILES string of the molecule is COc1ccc2nccc(CCC[C@@H]3CCN(CCSc4sccc4C)C[C@@H]3CCC(=O)O)c2c1. The molecule has 1 aliphatic heterocycles. The van der Waals surface area contributed by atoms with E-state index in [-0.39, 0.29) is 6.42 Å². The van der Waals surface area contributed by atoms with E-state index in [9.17, 15) is 9.90 Å². The standard InChI is InChI=1S/C28H36N2O3S2/c1-20-12-16-34-28(20)35-17-15-30-14-11-21(23(19-30)6-9-27(31)32)4-3-5-22-10-13-29-26-8-7-24(33-2)18-25(22)26/h7-8,10,12-13,16,18,21,23H,3-6,9,11,14-15,17,19H2,1-2H3,(H,31,32)/t21-,23+/m1/s1. The Morgan fingerprint density at radius 3 is 2.91 bits per heavy atom. The summed E-state index contributed by atoms with van der Waals surface area (Å²) in [5, 5.41) is 12.6. The molecule has 7 heteroatoms. The molecule has 2 atom stereocenters. The predicted octanol–water partition coefficient (Wildman–Crippen LogP) is 6.53. The number of likely N-dealkylation sites (tertiary alicyclic amines) is 1. The number of aryl methyl sites for hydroxylation is 2. The number of aromatic nitrogens is 1. The largest absolute Gasteiger partial charge is 0.497 e. The molecule has 3 heterocycles. The van der Waals surface area contributed by atoms with Crippen molar-refractivity contribution in [3.63, 3.8) is 0 Å². The summed E-state index contributed by atoms with van der Waals surface area (Å²) in [5.41, 5.74) is 3.69. The highest BCUT2D eigenvalue weighted by Gasteiger charge is 2.29. The van der Waals surface area contributed by atoms with E-state index in [1.165, 1.54) is 20.7 Å². The van der Waals surface area contributed by atoms with Gasteiger partial charge >= 0.3 is 5.97 Å². The molecule has 4 rings (SSSR count). The van der Waals surface area contributed by atoms with E-state index < -0.39 is 5.97 Å². The smallest absolute Gasteiger partial charge is 0.303 e. The van der Waals surface area contributed by atoms with Gasteiger partial charge in [-0.2, -0.15) is 0 Å². The summed E-state index contributed by atoms with van der Waals surface area (Å²) in [4.78, 5) is 18.4. The average Bonchev–Trinajstić information content (AvgIpc) is 3.28. The van der Waals surface area contributed by atoms with Gasteiger partial charge in [0.1, 0.15) is 5.75 Å². The Morgan fingerprint density at radius 1 is 1.26 bits per heavy atom. The molecule has 0 radical (unpaired) electrons. The van der Waals surface area contributed by atoms with Crippen LogP contribution < -0.4 is 4.74 Å². The van der Waals surface area contributed by atoms with Crippen LogP contribution in [0.25, 0.3) is 10.9 Å². The Balaban J connectivity index is 1.32. The Kier molecular flexibility index (Phi) is 9.46. The van der Waals surface area contributed by atoms with Gasteiger partial charge in [-0.15, -0.1) is 23.1 Å². The number of carbonyl (C=O) groups is 1. The van der Waals surface area contributed by atoms with Gasteiger partial charge in [0.05, 0.1) is 16.8 Å². The first-order valence-electron chi connectivity index (χ1n) is 12.6. The van der Waals surface area contributed by atoms with Crippen molar-refractivity contribution in [1.82, 2.24) is 9.88 Å². The fourth-order valence-corrected chi connectivity index (χ4v) is 7.40. The second-order valence-corrected chi connectivity index (χ2v) is 11.8. The first-order valence-corrected chi connectivity index (χ1v) is 14.4. The van der Waals surface area contributed by atoms with E-state index in [2.05, 4.69) is 40.4 Å². The molecular weight excluding hydrogens is 476 g/mol. The number of pyridine rings is 1. The van der Waals surface area contributed by atoms with Gasteiger partial charge in [-0.3, -0.25) is 9.78 Å². The maximum absolute atomic E-state index is 11.3. The molecule has 0 unspecified atom stereocenters. The number of benzene rings is 1. The van der Waals surface area contributed by atoms with E-state index in [1.807, 2.05) is 41.4 Å². The van der Waals surface area contributed by atoms with Gasteiger partial charge in [-0.25, -0.2) is 0 Å². The second-order valence-electron chi connectivity index (χ2n) is 9.53. The van der Waals surface area contributed by atoms with Crippen molar-refractivity contribution in [2.75, 3.05) is 32.5 Å². The van der Waals surface area contributed by atoms with E-state index in [4.69, 9.17) is 4.74 Å². The molecule has 5 nitrogen and oxygen atoms in total. The van der Waals surface area contributed by atoms with E-state index >= 15 is 0 Å². The normalized spacial score (nSPS) is 18.7. The number of ether oxygens (including phenoxy) is 1. The van der Waals surface area contributed by atoms with E-state index in [1.54, 1.807) is 7.11 Å². The molecule has 2 aromatic heterocycles. The van der Waals surface area contributed by atoms with Crippen LogP contribution in [0.1, 0.15) is 43.2 Å². The Bertz CT molecular complexity index is 1120. The van der Waals surface area contributed by atoms with Crippen molar-refractivity contribution < 1.29 is 14.6 Å². The van der Waals surface area contributed by atoms with Crippen LogP contribution in [0.4, 0.5) is 0 Å². The minimum Gasteiger partial charge on any atom is -0.497 e. The number of thioether (sulfide) groups is 1. The lowest BCUT2D eigenvalue weighted by atomic mass is 9.79. The van der Waals surface area contributed by atoms with Gasteiger partial charge in [-0.1, -0.05) is 0 Å². The Hall–Kier alpha value is -2.09. The number of nitrogens with zero attached hydrogens (tertiary/aromatic N) is 2. The van der Waals surface area contributed by atoms with Crippen LogP contribution in [0.15, 0.2) is 46.1 Å². The molecule has 188 valence electrons. The molecule has 0 spiro atoms. The summed E-state index contributed by atoms with van der Waals surface area (Å²) in [5.74, 6) is 2.33. The van der Waals surface area contributed by atoms with Crippen LogP contribution in [0.3, 0.4) is 0 Å². The number of rotatable bonds is 12. The minimum absolute atomic E-state index is 0.271. The van der Waals surface area contributed by atoms with Gasteiger partial charge in [0.25, 0.3) is 0 Å². The Labute approximate surface area is 216 Å². The first-order chi connectivity index (χ1) is 17.0. The van der Waals surface area contributed by atoms with Crippen molar-refractivity contribution in [3.8, 4) is 5.75 Å². The molecule has 0 aliphatic carbocycles. The number of aliphatic carboxylic acids is 1. The van der Waals surface area contributed by atoms with Gasteiger partial charge in [0.15, 0.2) is 0 Å². The van der Waals surface area contributed by atoms with Crippen molar-refractivity contribution in [3.05, 3.63) is 53.0 Å². The third-order valence-electron chi connectivity index (χ3n) is 7.22. The van der Waals surface area contributed by atoms with Crippen LogP contribution in [-0.4, -0.2) is 53.5 Å². The fourth-order valence-electron chi connectivity index (χ4n) is 5.23. The second kappa shape index (κ2) is 12.7. The zero-order chi connectivity index (χ0) is 24.6. The minimum atomic E-state index is -0.679. The van der Waals surface area contributed by atoms with Gasteiger partial charge in [0, 0.05) is 36.8 Å². The molecule has 3 aromatic rings. The Morgan fingerprint density at radius 2 is 2.14 bits per heavy atom. The summed E-state index contributed by atoms with van der Waals surface area (Å²) < 4.78 is 6.84. The summed E-state index contributed by atoms with van der Waals surface area (Å²) in [7, 11) is 1.70. The highest BCUT2D eigenvalue weighted by Crippen LogP contribution is 2.33. The number of hydrogen-bond acceptors (Lipinski definition) is 6. The summed E-state index contributed by atoms with van der Waals surface area (Å²) in [6.45, 7) is 5.39. The third kappa shape index (κ3) is 7.21. The molecule has 1 aromatic carbocycles. The molecule has 0 bridgehead atoms. The van der Waals surface area contributed by atoms with E-state index in [0.29, 0.717) is 11.8 Å². The predicted molar refractivity (Wildman–Crippen MR) is 146 cm³/mol. The molecule has 0 saturated carbocycles. The lowest BCUT2D eigenvalue weighted by Crippen LogP contribution is -2.41. The lowest BCUT2D eigenvalue weighted by Gasteiger charge is -2.39. The van der Waals surface area contributed by atoms with Crippen LogP contribution in [0.5, 0.6) is 5.75 Å². The first kappa shape index (κ1) is 26.0. The molecule has 1 saturated heterocycles. The van der Waals surface area contributed by atoms with Crippen LogP contribution >= 0.6 is 23.1 Å². The third-order valence-corrected chi connectivity index (χ3v) is 9.64. The van der Waals surface area contributed by atoms with Crippen LogP contribution in [0, 0.1) is 18.8 Å². The zero-order valence-corrected chi connectivity index (χ0v) is 22.4. The van der Waals surface area contributed by atoms with Crippen LogP contribution in [-0.2, 0) is 11.2 Å². The molecule has 1 fully saturated rings. The lowest BCUT2D eigenvalue weighted by molar-refractivity contribution is -0.137. The van der Waals surface area contributed by atoms with Crippen molar-refractivity contribution in [2.24, 2.45) is 11.8 Å². The maximum Gasteiger partial charge on any atom is 0.303 e. The van der Waals surface area contributed by atoms with Gasteiger partial charge < -0.3 is 14.7 Å². The summed E-state index contributed by atoms with van der Waals surface area (Å²) in [6.07, 6.45) is 7.38. The van der Waals surface area contributed by atoms with Gasteiger partial charge in [-0.05, 0) is 104 Å². The number of hydrogen-bond donors (Lipinski definition) is 1. The zero-order valence-electron chi connectivity index (χ0n) is 20.7. The van der Waals surface area contributed by atoms with Gasteiger partial charge in [0.2, 0.25) is 0 Å². The van der Waals surface area contributed by atoms with Crippen LogP contribution in [0.2, 0.25) is 0 Å². The number of methoxy groups -OCH3 is 1. The van der Waals surface area contributed by atoms with E-state index in [0.717, 1.165) is 68.8 Å². The molecule has 0 amide bonds. The summed E-state index contributed by atoms with van der Waals surface area (Å²) in [6, 6.07) is 10.4. The highest BCUT2D eigenvalue weighted by atomic mass is 32.2. The van der Waals surface area contributed by atoms with Crippen molar-refractivity contribution in [1.29, 1.82) is 0 Å². The quantitative estimate of drug-likeness (QED) is 0.278. The molecule has 1 aliphatic rings. The monoisotopic (exact) mass is 512 g/mol. The average molecular weight is 513 g/mol. The molecule has 1 N–H and O–H groups in total. The highest BCUT2D eigenvalue weighted by molar-refractivity contribution is 8.01. The molecule has 35 heavy (non-hydrogen) atoms. The fraction of sp³-hybridized carbons (Fsp3) is 0.500. The molecular formula is C28H36N2O3S2. The summed E-state index contributed by atoms with van der Waals surface area (Å²) >= 11 is 3.78. The van der Waals surface area contributed by atoms with Crippen molar-refractivity contribution >= 4 is 40.0 Å².